The maximum Gasteiger partial charge on any atom is 0.237 e. The van der Waals surface area contributed by atoms with Crippen molar-refractivity contribution in [1.82, 2.24) is 5.32 Å². The molecule has 1 aromatic rings. The summed E-state index contributed by atoms with van der Waals surface area (Å²) in [6.07, 6.45) is 0. The lowest BCUT2D eigenvalue weighted by atomic mass is 10.0. The van der Waals surface area contributed by atoms with Gasteiger partial charge < -0.3 is 15.8 Å². The smallest absolute Gasteiger partial charge is 0.237 e. The van der Waals surface area contributed by atoms with Crippen LogP contribution in [-0.4, -0.2) is 19.1 Å². The summed E-state index contributed by atoms with van der Waals surface area (Å²) in [6, 6.07) is 4.01. The third-order valence-corrected chi connectivity index (χ3v) is 2.70. The number of carbonyl (C=O) groups excluding carboxylic acids is 1. The van der Waals surface area contributed by atoms with E-state index < -0.39 is 11.9 Å². The number of methoxy groups -OCH3 is 1. The molecule has 0 aliphatic carbocycles. The van der Waals surface area contributed by atoms with Crippen molar-refractivity contribution >= 4 is 5.91 Å². The normalized spacial score (nSPS) is 12.3. The molecule has 4 nitrogen and oxygen atoms in total. The zero-order valence-corrected chi connectivity index (χ0v) is 10.9. The van der Waals surface area contributed by atoms with Crippen LogP contribution < -0.4 is 15.8 Å². The minimum Gasteiger partial charge on any atom is -0.494 e. The predicted octanol–water partition coefficient (Wildman–Crippen LogP) is 1.43. The predicted molar refractivity (Wildman–Crippen MR) is 67.6 cm³/mol. The fourth-order valence-electron chi connectivity index (χ4n) is 1.43. The van der Waals surface area contributed by atoms with Gasteiger partial charge in [-0.15, -0.1) is 0 Å². The van der Waals surface area contributed by atoms with E-state index in [0.717, 1.165) is 0 Å². The quantitative estimate of drug-likeness (QED) is 0.835. The van der Waals surface area contributed by atoms with Gasteiger partial charge in [-0.25, -0.2) is 4.39 Å². The van der Waals surface area contributed by atoms with Crippen molar-refractivity contribution < 1.29 is 13.9 Å². The Morgan fingerprint density at radius 3 is 2.67 bits per heavy atom. The Kier molecular flexibility index (Phi) is 5.09. The number of nitrogens with one attached hydrogen (secondary N) is 1. The van der Waals surface area contributed by atoms with Gasteiger partial charge >= 0.3 is 0 Å². The van der Waals surface area contributed by atoms with E-state index in [1.54, 1.807) is 6.07 Å². The average Bonchev–Trinajstić information content (AvgIpc) is 2.35. The minimum atomic E-state index is -0.548. The number of halogens is 1. The topological polar surface area (TPSA) is 64.3 Å². The van der Waals surface area contributed by atoms with Gasteiger partial charge in [-0.05, 0) is 23.6 Å². The molecule has 1 atom stereocenters. The van der Waals surface area contributed by atoms with Gasteiger partial charge in [-0.1, -0.05) is 19.9 Å². The summed E-state index contributed by atoms with van der Waals surface area (Å²) in [5.41, 5.74) is 6.36. The van der Waals surface area contributed by atoms with Crippen LogP contribution in [0.3, 0.4) is 0 Å². The van der Waals surface area contributed by atoms with Crippen molar-refractivity contribution in [2.45, 2.75) is 26.4 Å². The van der Waals surface area contributed by atoms with E-state index in [-0.39, 0.29) is 24.1 Å². The van der Waals surface area contributed by atoms with Crippen molar-refractivity contribution in [2.24, 2.45) is 11.7 Å². The van der Waals surface area contributed by atoms with E-state index in [0.29, 0.717) is 5.56 Å². The molecule has 0 aliphatic heterocycles. The molecular formula is C13H19FN2O2. The lowest BCUT2D eigenvalue weighted by Gasteiger charge is -2.15. The highest BCUT2D eigenvalue weighted by Gasteiger charge is 2.16. The standard InChI is InChI=1S/C13H19FN2O2/c1-8(2)12(15)13(17)16-7-9-4-5-11(18-3)10(14)6-9/h4-6,8,12H,7,15H2,1-3H3,(H,16,17)/t12-/m0/s1. The van der Waals surface area contributed by atoms with Gasteiger partial charge in [-0.2, -0.15) is 0 Å². The third kappa shape index (κ3) is 3.70. The van der Waals surface area contributed by atoms with Crippen LogP contribution in [0.15, 0.2) is 18.2 Å². The average molecular weight is 254 g/mol. The molecule has 0 fully saturated rings. The Bertz CT molecular complexity index is 421. The minimum absolute atomic E-state index is 0.0672. The van der Waals surface area contributed by atoms with Gasteiger partial charge in [0.2, 0.25) is 5.91 Å². The first-order valence-corrected chi connectivity index (χ1v) is 5.81. The Hall–Kier alpha value is -1.62. The van der Waals surface area contributed by atoms with Crippen molar-refractivity contribution in [3.63, 3.8) is 0 Å². The fourth-order valence-corrected chi connectivity index (χ4v) is 1.43. The number of ether oxygens (including phenoxy) is 1. The number of nitrogens with two attached hydrogens (primary N) is 1. The Morgan fingerprint density at radius 2 is 2.17 bits per heavy atom. The SMILES string of the molecule is COc1ccc(CNC(=O)[C@@H](N)C(C)C)cc1F. The van der Waals surface area contributed by atoms with Crippen LogP contribution in [0.4, 0.5) is 4.39 Å². The summed E-state index contributed by atoms with van der Waals surface area (Å²) < 4.78 is 18.2. The lowest BCUT2D eigenvalue weighted by Crippen LogP contribution is -2.43. The molecule has 0 spiro atoms. The molecule has 1 aromatic carbocycles. The molecule has 100 valence electrons. The number of benzene rings is 1. The van der Waals surface area contributed by atoms with E-state index in [9.17, 15) is 9.18 Å². The molecule has 0 aromatic heterocycles. The van der Waals surface area contributed by atoms with Crippen LogP contribution in [0.2, 0.25) is 0 Å². The van der Waals surface area contributed by atoms with E-state index >= 15 is 0 Å². The molecular weight excluding hydrogens is 235 g/mol. The zero-order valence-electron chi connectivity index (χ0n) is 10.9. The van der Waals surface area contributed by atoms with E-state index in [2.05, 4.69) is 5.32 Å². The number of amides is 1. The summed E-state index contributed by atoms with van der Waals surface area (Å²) in [7, 11) is 1.40. The number of rotatable bonds is 5. The first-order chi connectivity index (χ1) is 8.45. The second-order valence-electron chi connectivity index (χ2n) is 4.46. The fraction of sp³-hybridized carbons (Fsp3) is 0.462. The molecule has 0 heterocycles. The van der Waals surface area contributed by atoms with Crippen molar-refractivity contribution in [3.8, 4) is 5.75 Å². The molecule has 1 rings (SSSR count). The van der Waals surface area contributed by atoms with Gasteiger partial charge in [0.15, 0.2) is 11.6 Å². The van der Waals surface area contributed by atoms with Crippen LogP contribution >= 0.6 is 0 Å². The summed E-state index contributed by atoms with van der Waals surface area (Å²) in [5, 5.41) is 2.67. The summed E-state index contributed by atoms with van der Waals surface area (Å²) >= 11 is 0. The highest BCUT2D eigenvalue weighted by atomic mass is 19.1. The molecule has 3 N–H and O–H groups in total. The zero-order chi connectivity index (χ0) is 13.7. The second kappa shape index (κ2) is 6.35. The molecule has 5 heteroatoms. The highest BCUT2D eigenvalue weighted by molar-refractivity contribution is 5.81. The molecule has 1 amide bonds. The van der Waals surface area contributed by atoms with Crippen molar-refractivity contribution in [3.05, 3.63) is 29.6 Å². The van der Waals surface area contributed by atoms with Gasteiger partial charge in [0, 0.05) is 6.54 Å². The highest BCUT2D eigenvalue weighted by Crippen LogP contribution is 2.17. The van der Waals surface area contributed by atoms with Gasteiger partial charge in [0.1, 0.15) is 0 Å². The van der Waals surface area contributed by atoms with Crippen LogP contribution in [0.1, 0.15) is 19.4 Å². The molecule has 0 saturated heterocycles. The Balaban J connectivity index is 2.59. The number of hydrogen-bond acceptors (Lipinski definition) is 3. The summed E-state index contributed by atoms with van der Waals surface area (Å²) in [6.45, 7) is 3.99. The van der Waals surface area contributed by atoms with Gasteiger partial charge in [0.25, 0.3) is 0 Å². The van der Waals surface area contributed by atoms with E-state index in [1.807, 2.05) is 13.8 Å². The van der Waals surface area contributed by atoms with Gasteiger partial charge in [0.05, 0.1) is 13.2 Å². The first kappa shape index (κ1) is 14.4. The maximum absolute atomic E-state index is 13.4. The maximum atomic E-state index is 13.4. The third-order valence-electron chi connectivity index (χ3n) is 2.70. The summed E-state index contributed by atoms with van der Waals surface area (Å²) in [5.74, 6) is -0.430. The molecule has 0 aliphatic rings. The summed E-state index contributed by atoms with van der Waals surface area (Å²) in [4.78, 5) is 11.6. The molecule has 0 bridgehead atoms. The molecule has 0 unspecified atom stereocenters. The second-order valence-corrected chi connectivity index (χ2v) is 4.46. The number of carbonyl (C=O) groups is 1. The molecule has 18 heavy (non-hydrogen) atoms. The first-order valence-electron chi connectivity index (χ1n) is 5.81. The van der Waals surface area contributed by atoms with Gasteiger partial charge in [-0.3, -0.25) is 4.79 Å². The number of hydrogen-bond donors (Lipinski definition) is 2. The van der Waals surface area contributed by atoms with Crippen molar-refractivity contribution in [1.29, 1.82) is 0 Å². The monoisotopic (exact) mass is 254 g/mol. The van der Waals surface area contributed by atoms with Crippen molar-refractivity contribution in [2.75, 3.05) is 7.11 Å². The Morgan fingerprint density at radius 1 is 1.50 bits per heavy atom. The Labute approximate surface area is 106 Å². The molecule has 0 saturated carbocycles. The van der Waals surface area contributed by atoms with E-state index in [4.69, 9.17) is 10.5 Å². The van der Waals surface area contributed by atoms with E-state index in [1.165, 1.54) is 19.2 Å². The van der Waals surface area contributed by atoms with Crippen LogP contribution in [0, 0.1) is 11.7 Å². The molecule has 0 radical (unpaired) electrons. The van der Waals surface area contributed by atoms with Crippen LogP contribution in [0.5, 0.6) is 5.75 Å². The van der Waals surface area contributed by atoms with Crippen LogP contribution in [0.25, 0.3) is 0 Å². The van der Waals surface area contributed by atoms with Crippen LogP contribution in [-0.2, 0) is 11.3 Å². The lowest BCUT2D eigenvalue weighted by molar-refractivity contribution is -0.123. The largest absolute Gasteiger partial charge is 0.494 e.